The van der Waals surface area contributed by atoms with Crippen LogP contribution in [0.5, 0.6) is 0 Å². The number of fused-ring (bicyclic) bond motifs is 9. The van der Waals surface area contributed by atoms with Crippen LogP contribution in [0.4, 0.5) is 0 Å². The molecule has 11 aromatic rings. The number of rotatable bonds is 5. The van der Waals surface area contributed by atoms with Gasteiger partial charge in [-0.2, -0.15) is 9.97 Å². The quantitative estimate of drug-likeness (QED) is 0.177. The topological polar surface area (TPSA) is 56.7 Å². The van der Waals surface area contributed by atoms with Gasteiger partial charge in [0.1, 0.15) is 11.2 Å². The molecule has 5 heteroatoms. The molecule has 1 aliphatic carbocycles. The summed E-state index contributed by atoms with van der Waals surface area (Å²) in [7, 11) is 0. The van der Waals surface area contributed by atoms with E-state index in [4.69, 9.17) is 19.4 Å². The number of hydrogen-bond donors (Lipinski definition) is 0. The largest absolute Gasteiger partial charge is 0.455 e. The Morgan fingerprint density at radius 2 is 1.02 bits per heavy atom. The zero-order valence-electron chi connectivity index (χ0n) is 30.7. The second kappa shape index (κ2) is 12.2. The molecule has 0 N–H and O–H groups in total. The summed E-state index contributed by atoms with van der Waals surface area (Å²) in [5.41, 5.74) is 12.3. The molecule has 0 fully saturated rings. The van der Waals surface area contributed by atoms with Gasteiger partial charge >= 0.3 is 0 Å². The summed E-state index contributed by atoms with van der Waals surface area (Å²) in [4.78, 5) is 15.7. The second-order valence-corrected chi connectivity index (χ2v) is 14.7. The Balaban J connectivity index is 1.18. The number of para-hydroxylation sites is 3. The van der Waals surface area contributed by atoms with Gasteiger partial charge < -0.3 is 4.42 Å². The highest BCUT2D eigenvalue weighted by Crippen LogP contribution is 2.57. The first-order valence-corrected chi connectivity index (χ1v) is 19.3. The average molecular weight is 729 g/mol. The number of furan rings is 1. The van der Waals surface area contributed by atoms with Gasteiger partial charge in [0, 0.05) is 27.1 Å². The normalized spacial score (nSPS) is 13.1. The third-order valence-electron chi connectivity index (χ3n) is 11.8. The lowest BCUT2D eigenvalue weighted by Crippen LogP contribution is -2.28. The molecule has 3 aromatic heterocycles. The molecule has 0 radical (unpaired) electrons. The van der Waals surface area contributed by atoms with Crippen LogP contribution in [0.1, 0.15) is 22.3 Å². The summed E-state index contributed by atoms with van der Waals surface area (Å²) in [5.74, 6) is 1.68. The Morgan fingerprint density at radius 1 is 0.404 bits per heavy atom. The summed E-state index contributed by atoms with van der Waals surface area (Å²) in [6.45, 7) is 0. The van der Waals surface area contributed by atoms with Gasteiger partial charge in [-0.3, -0.25) is 4.57 Å². The van der Waals surface area contributed by atoms with Crippen LogP contribution in [-0.4, -0.2) is 19.5 Å². The summed E-state index contributed by atoms with van der Waals surface area (Å²) in [5, 5.41) is 4.35. The monoisotopic (exact) mass is 728 g/mol. The maximum Gasteiger partial charge on any atom is 0.238 e. The summed E-state index contributed by atoms with van der Waals surface area (Å²) < 4.78 is 8.74. The number of benzene rings is 8. The Labute approximate surface area is 328 Å². The molecule has 0 amide bonds. The third kappa shape index (κ3) is 4.54. The van der Waals surface area contributed by atoms with Crippen molar-refractivity contribution in [3.63, 3.8) is 0 Å². The molecule has 5 nitrogen and oxygen atoms in total. The molecule has 8 aromatic carbocycles. The number of aromatic nitrogens is 4. The average Bonchev–Trinajstić information content (AvgIpc) is 3.92. The number of hydrogen-bond acceptors (Lipinski definition) is 4. The summed E-state index contributed by atoms with van der Waals surface area (Å²) >= 11 is 0. The molecule has 0 spiro atoms. The van der Waals surface area contributed by atoms with E-state index in [9.17, 15) is 0 Å². The molecule has 266 valence electrons. The van der Waals surface area contributed by atoms with Gasteiger partial charge in [0.25, 0.3) is 0 Å². The van der Waals surface area contributed by atoms with Crippen molar-refractivity contribution in [2.75, 3.05) is 0 Å². The highest BCUT2D eigenvalue weighted by molar-refractivity contribution is 6.12. The van der Waals surface area contributed by atoms with E-state index in [1.165, 1.54) is 33.4 Å². The van der Waals surface area contributed by atoms with E-state index in [2.05, 4.69) is 144 Å². The highest BCUT2D eigenvalue weighted by Gasteiger charge is 2.46. The van der Waals surface area contributed by atoms with Crippen molar-refractivity contribution in [3.8, 4) is 39.9 Å². The summed E-state index contributed by atoms with van der Waals surface area (Å²) in [6.07, 6.45) is 0. The Hall–Kier alpha value is -7.63. The number of nitrogens with zero attached hydrogens (tertiary/aromatic N) is 4. The Bertz CT molecular complexity index is 3310. The minimum Gasteiger partial charge on any atom is -0.455 e. The van der Waals surface area contributed by atoms with Gasteiger partial charge in [0.15, 0.2) is 11.6 Å². The molecule has 0 unspecified atom stereocenters. The van der Waals surface area contributed by atoms with Gasteiger partial charge in [-0.25, -0.2) is 4.98 Å². The zero-order valence-corrected chi connectivity index (χ0v) is 30.7. The predicted octanol–water partition coefficient (Wildman–Crippen LogP) is 12.6. The van der Waals surface area contributed by atoms with Crippen LogP contribution < -0.4 is 0 Å². The van der Waals surface area contributed by atoms with Crippen LogP contribution in [0.3, 0.4) is 0 Å². The maximum atomic E-state index is 6.52. The van der Waals surface area contributed by atoms with Gasteiger partial charge in [-0.1, -0.05) is 164 Å². The zero-order chi connectivity index (χ0) is 37.5. The smallest absolute Gasteiger partial charge is 0.238 e. The second-order valence-electron chi connectivity index (χ2n) is 14.7. The van der Waals surface area contributed by atoms with Crippen LogP contribution in [0.25, 0.3) is 83.6 Å². The lowest BCUT2D eigenvalue weighted by molar-refractivity contribution is 0.669. The van der Waals surface area contributed by atoms with Crippen molar-refractivity contribution in [3.05, 3.63) is 216 Å². The fourth-order valence-corrected chi connectivity index (χ4v) is 9.34. The van der Waals surface area contributed by atoms with Crippen LogP contribution >= 0.6 is 0 Å². The minimum absolute atomic E-state index is 0.516. The van der Waals surface area contributed by atoms with Crippen LogP contribution in [0.15, 0.2) is 199 Å². The molecular weight excluding hydrogens is 697 g/mol. The lowest BCUT2D eigenvalue weighted by Gasteiger charge is -2.33. The molecule has 0 saturated carbocycles. The first kappa shape index (κ1) is 31.7. The SMILES string of the molecule is c1ccc(-c2nc(-c3cccc4c3oc3ccccc34)nc(-n3c4ccccc4c4cc5c(cc43)-c3ccccc3C5(c3ccccc3)c3ccccc3)n2)cc1. The van der Waals surface area contributed by atoms with Gasteiger partial charge in [0.2, 0.25) is 5.95 Å². The van der Waals surface area contributed by atoms with E-state index >= 15 is 0 Å². The van der Waals surface area contributed by atoms with Crippen molar-refractivity contribution in [2.45, 2.75) is 5.41 Å². The molecular formula is C52H32N4O. The van der Waals surface area contributed by atoms with E-state index in [-0.39, 0.29) is 0 Å². The van der Waals surface area contributed by atoms with Crippen molar-refractivity contribution in [1.29, 1.82) is 0 Å². The van der Waals surface area contributed by atoms with E-state index in [1.54, 1.807) is 0 Å². The van der Waals surface area contributed by atoms with Crippen LogP contribution in [0, 0.1) is 0 Å². The fraction of sp³-hybridized carbons (Fsp3) is 0.0192. The van der Waals surface area contributed by atoms with Crippen molar-refractivity contribution < 1.29 is 4.42 Å². The van der Waals surface area contributed by atoms with E-state index < -0.39 is 5.41 Å². The molecule has 1 aliphatic rings. The third-order valence-corrected chi connectivity index (χ3v) is 11.8. The first-order chi connectivity index (χ1) is 28.3. The van der Waals surface area contributed by atoms with Crippen LogP contribution in [-0.2, 0) is 5.41 Å². The Morgan fingerprint density at radius 3 is 1.81 bits per heavy atom. The van der Waals surface area contributed by atoms with Crippen LogP contribution in [0.2, 0.25) is 0 Å². The minimum atomic E-state index is -0.516. The molecule has 57 heavy (non-hydrogen) atoms. The molecule has 3 heterocycles. The van der Waals surface area contributed by atoms with Gasteiger partial charge in [-0.15, -0.1) is 0 Å². The van der Waals surface area contributed by atoms with E-state index in [0.717, 1.165) is 54.9 Å². The van der Waals surface area contributed by atoms with E-state index in [1.807, 2.05) is 54.6 Å². The maximum absolute atomic E-state index is 6.52. The molecule has 0 aliphatic heterocycles. The molecule has 0 saturated heterocycles. The van der Waals surface area contributed by atoms with Crippen molar-refractivity contribution in [1.82, 2.24) is 19.5 Å². The van der Waals surface area contributed by atoms with E-state index in [0.29, 0.717) is 17.6 Å². The highest BCUT2D eigenvalue weighted by atomic mass is 16.3. The molecule has 0 atom stereocenters. The first-order valence-electron chi connectivity index (χ1n) is 19.3. The van der Waals surface area contributed by atoms with Gasteiger partial charge in [-0.05, 0) is 63.7 Å². The van der Waals surface area contributed by atoms with Crippen molar-refractivity contribution in [2.24, 2.45) is 0 Å². The predicted molar refractivity (Wildman–Crippen MR) is 230 cm³/mol. The van der Waals surface area contributed by atoms with Gasteiger partial charge in [0.05, 0.1) is 22.0 Å². The Kier molecular flexibility index (Phi) is 6.78. The van der Waals surface area contributed by atoms with Crippen molar-refractivity contribution >= 4 is 43.7 Å². The molecule has 12 rings (SSSR count). The fourth-order valence-electron chi connectivity index (χ4n) is 9.34. The summed E-state index contributed by atoms with van der Waals surface area (Å²) in [6, 6.07) is 68.6. The molecule has 0 bridgehead atoms. The standard InChI is InChI=1S/C52H32N4O/c1-4-17-33(18-5-1)49-53-50(40-27-16-26-39-38-25-12-15-30-47(38)57-48(39)40)55-51(54-49)56-45-29-14-11-24-37(45)42-31-44-41(32-46(42)56)36-23-10-13-28-43(36)52(44,34-19-6-2-7-20-34)35-21-8-3-9-22-35/h1-32H. The lowest BCUT2D eigenvalue weighted by atomic mass is 9.67.